The standard InChI is InChI=1S/C15H22BrFN2O/c1-3-6-19-7-8-20-14(10-18-2)15(19)11-4-5-13(17)12(16)9-11/h4-5,9,14-15,18H,3,6-8,10H2,1-2H3. The summed E-state index contributed by atoms with van der Waals surface area (Å²) < 4.78 is 19.9. The van der Waals surface area contributed by atoms with Gasteiger partial charge in [-0.1, -0.05) is 13.0 Å². The van der Waals surface area contributed by atoms with Crippen LogP contribution in [0, 0.1) is 5.82 Å². The van der Waals surface area contributed by atoms with Crippen LogP contribution in [0.15, 0.2) is 22.7 Å². The van der Waals surface area contributed by atoms with Crippen LogP contribution in [0.5, 0.6) is 0 Å². The zero-order chi connectivity index (χ0) is 14.5. The lowest BCUT2D eigenvalue weighted by Crippen LogP contribution is -2.48. The first-order valence-corrected chi connectivity index (χ1v) is 7.91. The van der Waals surface area contributed by atoms with E-state index in [9.17, 15) is 4.39 Å². The number of morpholine rings is 1. The van der Waals surface area contributed by atoms with Crippen LogP contribution in [0.2, 0.25) is 0 Å². The van der Waals surface area contributed by atoms with Gasteiger partial charge in [0.05, 0.1) is 23.2 Å². The number of hydrogen-bond acceptors (Lipinski definition) is 3. The van der Waals surface area contributed by atoms with Crippen molar-refractivity contribution >= 4 is 15.9 Å². The fourth-order valence-corrected chi connectivity index (χ4v) is 3.21. The Morgan fingerprint density at radius 1 is 1.50 bits per heavy atom. The maximum absolute atomic E-state index is 13.5. The van der Waals surface area contributed by atoms with Gasteiger partial charge in [-0.15, -0.1) is 0 Å². The van der Waals surface area contributed by atoms with Gasteiger partial charge < -0.3 is 10.1 Å². The molecule has 1 aromatic carbocycles. The molecule has 1 aliphatic heterocycles. The Bertz CT molecular complexity index is 426. The molecule has 1 aliphatic rings. The van der Waals surface area contributed by atoms with E-state index in [1.165, 1.54) is 6.07 Å². The van der Waals surface area contributed by atoms with Crippen molar-refractivity contribution in [2.75, 3.05) is 33.3 Å². The summed E-state index contributed by atoms with van der Waals surface area (Å²) in [5.41, 5.74) is 1.10. The third-order valence-corrected chi connectivity index (χ3v) is 4.26. The lowest BCUT2D eigenvalue weighted by Gasteiger charge is -2.41. The average molecular weight is 345 g/mol. The summed E-state index contributed by atoms with van der Waals surface area (Å²) in [6, 6.07) is 5.44. The zero-order valence-corrected chi connectivity index (χ0v) is 13.6. The maximum Gasteiger partial charge on any atom is 0.137 e. The topological polar surface area (TPSA) is 24.5 Å². The van der Waals surface area contributed by atoms with Gasteiger partial charge in [-0.2, -0.15) is 0 Å². The number of nitrogens with one attached hydrogen (secondary N) is 1. The third kappa shape index (κ3) is 3.58. The normalized spacial score (nSPS) is 24.0. The third-order valence-electron chi connectivity index (χ3n) is 3.66. The van der Waals surface area contributed by atoms with Crippen molar-refractivity contribution < 1.29 is 9.13 Å². The number of rotatable bonds is 5. The Morgan fingerprint density at radius 2 is 2.30 bits per heavy atom. The van der Waals surface area contributed by atoms with Crippen molar-refractivity contribution in [3.63, 3.8) is 0 Å². The molecule has 0 spiro atoms. The van der Waals surface area contributed by atoms with Crippen LogP contribution in [0.1, 0.15) is 24.9 Å². The van der Waals surface area contributed by atoms with E-state index in [2.05, 4.69) is 33.1 Å². The predicted molar refractivity (Wildman–Crippen MR) is 82.4 cm³/mol. The van der Waals surface area contributed by atoms with Crippen molar-refractivity contribution in [2.24, 2.45) is 0 Å². The van der Waals surface area contributed by atoms with E-state index in [4.69, 9.17) is 4.74 Å². The van der Waals surface area contributed by atoms with Crippen molar-refractivity contribution in [3.8, 4) is 0 Å². The predicted octanol–water partition coefficient (Wildman–Crippen LogP) is 2.96. The van der Waals surface area contributed by atoms with E-state index in [0.717, 1.165) is 38.2 Å². The Kier molecular flexibility index (Phi) is 5.96. The van der Waals surface area contributed by atoms with E-state index >= 15 is 0 Å². The zero-order valence-electron chi connectivity index (χ0n) is 12.0. The number of nitrogens with zero attached hydrogens (tertiary/aromatic N) is 1. The fraction of sp³-hybridized carbons (Fsp3) is 0.600. The highest BCUT2D eigenvalue weighted by Crippen LogP contribution is 2.31. The van der Waals surface area contributed by atoms with Crippen molar-refractivity contribution in [3.05, 3.63) is 34.1 Å². The molecule has 1 fully saturated rings. The van der Waals surface area contributed by atoms with Crippen LogP contribution in [-0.4, -0.2) is 44.3 Å². The largest absolute Gasteiger partial charge is 0.374 e. The van der Waals surface area contributed by atoms with Crippen LogP contribution in [0.3, 0.4) is 0 Å². The Labute approximate surface area is 128 Å². The molecule has 0 radical (unpaired) electrons. The minimum Gasteiger partial charge on any atom is -0.374 e. The Morgan fingerprint density at radius 3 is 2.95 bits per heavy atom. The van der Waals surface area contributed by atoms with Gasteiger partial charge >= 0.3 is 0 Å². The molecule has 1 aromatic rings. The molecule has 5 heteroatoms. The van der Waals surface area contributed by atoms with Crippen molar-refractivity contribution in [1.29, 1.82) is 0 Å². The maximum atomic E-state index is 13.5. The van der Waals surface area contributed by atoms with Gasteiger partial charge in [-0.25, -0.2) is 4.39 Å². The molecule has 1 N–H and O–H groups in total. The van der Waals surface area contributed by atoms with E-state index in [-0.39, 0.29) is 18.0 Å². The summed E-state index contributed by atoms with van der Waals surface area (Å²) in [4.78, 5) is 2.44. The average Bonchev–Trinajstić information content (AvgIpc) is 2.43. The van der Waals surface area contributed by atoms with Gasteiger partial charge in [0.15, 0.2) is 0 Å². The molecule has 0 aliphatic carbocycles. The van der Waals surface area contributed by atoms with Crippen molar-refractivity contribution in [2.45, 2.75) is 25.5 Å². The summed E-state index contributed by atoms with van der Waals surface area (Å²) in [7, 11) is 1.93. The quantitative estimate of drug-likeness (QED) is 0.888. The monoisotopic (exact) mass is 344 g/mol. The minimum absolute atomic E-state index is 0.0951. The van der Waals surface area contributed by atoms with E-state index in [1.807, 2.05) is 19.2 Å². The SMILES string of the molecule is CCCN1CCOC(CNC)C1c1ccc(F)c(Br)c1. The number of ether oxygens (including phenoxy) is 1. The molecular weight excluding hydrogens is 323 g/mol. The molecule has 0 saturated carbocycles. The molecule has 3 nitrogen and oxygen atoms in total. The smallest absolute Gasteiger partial charge is 0.137 e. The number of halogens is 2. The van der Waals surface area contributed by atoms with Crippen LogP contribution in [-0.2, 0) is 4.74 Å². The number of likely N-dealkylation sites (N-methyl/N-ethyl adjacent to an activating group) is 1. The van der Waals surface area contributed by atoms with Crippen LogP contribution < -0.4 is 5.32 Å². The number of hydrogen-bond donors (Lipinski definition) is 1. The van der Waals surface area contributed by atoms with E-state index in [1.54, 1.807) is 0 Å². The van der Waals surface area contributed by atoms with Gasteiger partial charge in [0, 0.05) is 13.1 Å². The first kappa shape index (κ1) is 15.9. The molecule has 20 heavy (non-hydrogen) atoms. The second kappa shape index (κ2) is 7.50. The molecule has 1 heterocycles. The van der Waals surface area contributed by atoms with Crippen LogP contribution in [0.4, 0.5) is 4.39 Å². The fourth-order valence-electron chi connectivity index (χ4n) is 2.82. The lowest BCUT2D eigenvalue weighted by atomic mass is 9.97. The first-order valence-electron chi connectivity index (χ1n) is 7.12. The summed E-state index contributed by atoms with van der Waals surface area (Å²) in [6.45, 7) is 5.68. The van der Waals surface area contributed by atoms with E-state index in [0.29, 0.717) is 4.47 Å². The van der Waals surface area contributed by atoms with Gasteiger partial charge in [0.25, 0.3) is 0 Å². The second-order valence-corrected chi connectivity index (χ2v) is 5.98. The van der Waals surface area contributed by atoms with Crippen molar-refractivity contribution in [1.82, 2.24) is 10.2 Å². The molecular formula is C15H22BrFN2O. The molecule has 0 aromatic heterocycles. The van der Waals surface area contributed by atoms with Gasteiger partial charge in [-0.05, 0) is 53.6 Å². The number of benzene rings is 1. The van der Waals surface area contributed by atoms with E-state index < -0.39 is 0 Å². The summed E-state index contributed by atoms with van der Waals surface area (Å²) in [6.07, 6.45) is 1.20. The Balaban J connectivity index is 2.29. The van der Waals surface area contributed by atoms with Gasteiger partial charge in [-0.3, -0.25) is 4.90 Å². The second-order valence-electron chi connectivity index (χ2n) is 5.12. The van der Waals surface area contributed by atoms with Gasteiger partial charge in [0.2, 0.25) is 0 Å². The highest BCUT2D eigenvalue weighted by molar-refractivity contribution is 9.10. The summed E-state index contributed by atoms with van der Waals surface area (Å²) in [5.74, 6) is -0.224. The molecule has 0 amide bonds. The minimum atomic E-state index is -0.224. The first-order chi connectivity index (χ1) is 9.67. The molecule has 1 saturated heterocycles. The molecule has 2 unspecified atom stereocenters. The Hall–Kier alpha value is -0.490. The summed E-state index contributed by atoms with van der Waals surface area (Å²) >= 11 is 3.28. The molecule has 0 bridgehead atoms. The van der Waals surface area contributed by atoms with Crippen LogP contribution >= 0.6 is 15.9 Å². The highest BCUT2D eigenvalue weighted by atomic mass is 79.9. The van der Waals surface area contributed by atoms with Gasteiger partial charge in [0.1, 0.15) is 5.82 Å². The highest BCUT2D eigenvalue weighted by Gasteiger charge is 2.32. The molecule has 112 valence electrons. The summed E-state index contributed by atoms with van der Waals surface area (Å²) in [5, 5.41) is 3.19. The molecule has 2 atom stereocenters. The van der Waals surface area contributed by atoms with Crippen LogP contribution in [0.25, 0.3) is 0 Å². The molecule has 2 rings (SSSR count). The lowest BCUT2D eigenvalue weighted by molar-refractivity contribution is -0.0704.